The van der Waals surface area contributed by atoms with Crippen LogP contribution in [-0.2, 0) is 0 Å². The van der Waals surface area contributed by atoms with E-state index >= 15 is 0 Å². The number of H-pyrrole nitrogens is 1. The van der Waals surface area contributed by atoms with Gasteiger partial charge in [-0.15, -0.1) is 0 Å². The number of rotatable bonds is 0. The highest BCUT2D eigenvalue weighted by molar-refractivity contribution is 6.30. The number of aromatic amines is 1. The highest BCUT2D eigenvalue weighted by Gasteiger charge is 2.04. The molecule has 0 spiro atoms. The smallest absolute Gasteiger partial charge is 0.256 e. The maximum Gasteiger partial charge on any atom is 0.256 e. The van der Waals surface area contributed by atoms with Crippen molar-refractivity contribution in [2.75, 3.05) is 0 Å². The number of nitrogens with one attached hydrogen (secondary N) is 1. The number of hydrogen-bond donors (Lipinski definition) is 1. The molecule has 0 aliphatic rings. The Morgan fingerprint density at radius 2 is 2.23 bits per heavy atom. The standard InChI is InChI=1S/C8H4ClFN2O/c9-7-1-4-5(2-11-7)6(10)3-12-8(4)13/h1-3H,(H,12,13). The molecule has 0 atom stereocenters. The molecule has 0 aliphatic carbocycles. The Bertz CT molecular complexity index is 523. The molecule has 0 radical (unpaired) electrons. The maximum absolute atomic E-state index is 13.0. The molecule has 2 rings (SSSR count). The van der Waals surface area contributed by atoms with Crippen LogP contribution in [0.3, 0.4) is 0 Å². The predicted molar refractivity (Wildman–Crippen MR) is 47.3 cm³/mol. The molecule has 13 heavy (non-hydrogen) atoms. The van der Waals surface area contributed by atoms with Crippen LogP contribution in [0.25, 0.3) is 10.8 Å². The van der Waals surface area contributed by atoms with E-state index in [0.717, 1.165) is 6.20 Å². The first-order chi connectivity index (χ1) is 6.18. The SMILES string of the molecule is O=c1[nH]cc(F)c2cnc(Cl)cc12. The van der Waals surface area contributed by atoms with Gasteiger partial charge in [0.25, 0.3) is 5.56 Å². The molecule has 2 aromatic rings. The minimum absolute atomic E-state index is 0.170. The lowest BCUT2D eigenvalue weighted by Crippen LogP contribution is -2.06. The first-order valence-corrected chi connectivity index (χ1v) is 3.89. The topological polar surface area (TPSA) is 45.8 Å². The van der Waals surface area contributed by atoms with Crippen LogP contribution in [0.1, 0.15) is 0 Å². The predicted octanol–water partition coefficient (Wildman–Crippen LogP) is 1.72. The molecular weight excluding hydrogens is 195 g/mol. The van der Waals surface area contributed by atoms with E-state index in [2.05, 4.69) is 9.97 Å². The second kappa shape index (κ2) is 2.81. The third-order valence-corrected chi connectivity index (χ3v) is 1.91. The van der Waals surface area contributed by atoms with Gasteiger partial charge in [-0.1, -0.05) is 11.6 Å². The lowest BCUT2D eigenvalue weighted by Gasteiger charge is -1.97. The van der Waals surface area contributed by atoms with E-state index in [9.17, 15) is 9.18 Å². The fraction of sp³-hybridized carbons (Fsp3) is 0. The van der Waals surface area contributed by atoms with Gasteiger partial charge < -0.3 is 4.98 Å². The summed E-state index contributed by atoms with van der Waals surface area (Å²) in [5.74, 6) is -0.515. The van der Waals surface area contributed by atoms with Crippen LogP contribution in [-0.4, -0.2) is 9.97 Å². The van der Waals surface area contributed by atoms with Gasteiger partial charge in [-0.05, 0) is 6.07 Å². The molecule has 0 fully saturated rings. The first kappa shape index (κ1) is 8.19. The van der Waals surface area contributed by atoms with E-state index in [0.29, 0.717) is 0 Å². The Labute approximate surface area is 77.2 Å². The fourth-order valence-corrected chi connectivity index (χ4v) is 1.25. The molecular formula is C8H4ClFN2O. The van der Waals surface area contributed by atoms with E-state index in [-0.39, 0.29) is 21.5 Å². The van der Waals surface area contributed by atoms with Crippen molar-refractivity contribution in [2.45, 2.75) is 0 Å². The molecule has 0 aromatic carbocycles. The quantitative estimate of drug-likeness (QED) is 0.655. The molecule has 5 heteroatoms. The molecule has 2 heterocycles. The van der Waals surface area contributed by atoms with Gasteiger partial charge in [0.2, 0.25) is 0 Å². The van der Waals surface area contributed by atoms with Crippen LogP contribution in [0, 0.1) is 5.82 Å². The number of nitrogens with zero attached hydrogens (tertiary/aromatic N) is 1. The monoisotopic (exact) mass is 198 g/mol. The van der Waals surface area contributed by atoms with E-state index in [1.165, 1.54) is 12.3 Å². The van der Waals surface area contributed by atoms with E-state index in [1.54, 1.807) is 0 Å². The molecule has 0 bridgehead atoms. The minimum Gasteiger partial charge on any atom is -0.326 e. The highest BCUT2D eigenvalue weighted by Crippen LogP contribution is 2.14. The van der Waals surface area contributed by atoms with Gasteiger partial charge in [0, 0.05) is 17.8 Å². The fourth-order valence-electron chi connectivity index (χ4n) is 1.09. The molecule has 0 saturated carbocycles. The molecule has 66 valence electrons. The third kappa shape index (κ3) is 1.29. The minimum atomic E-state index is -0.515. The summed E-state index contributed by atoms with van der Waals surface area (Å²) in [5.41, 5.74) is -0.374. The zero-order chi connectivity index (χ0) is 9.42. The molecule has 3 nitrogen and oxygen atoms in total. The maximum atomic E-state index is 13.0. The Hall–Kier alpha value is -1.42. The zero-order valence-electron chi connectivity index (χ0n) is 6.34. The summed E-state index contributed by atoms with van der Waals surface area (Å²) in [7, 11) is 0. The second-order valence-corrected chi connectivity index (χ2v) is 2.91. The summed E-state index contributed by atoms with van der Waals surface area (Å²) in [6, 6.07) is 1.33. The summed E-state index contributed by atoms with van der Waals surface area (Å²) < 4.78 is 13.0. The highest BCUT2D eigenvalue weighted by atomic mass is 35.5. The molecule has 0 unspecified atom stereocenters. The van der Waals surface area contributed by atoms with Crippen LogP contribution in [0.2, 0.25) is 5.15 Å². The summed E-state index contributed by atoms with van der Waals surface area (Å²) >= 11 is 5.56. The summed E-state index contributed by atoms with van der Waals surface area (Å²) in [6.07, 6.45) is 2.24. The molecule has 0 saturated heterocycles. The Morgan fingerprint density at radius 3 is 3.00 bits per heavy atom. The van der Waals surface area contributed by atoms with E-state index in [1.807, 2.05) is 0 Å². The first-order valence-electron chi connectivity index (χ1n) is 3.51. The van der Waals surface area contributed by atoms with Crippen molar-refractivity contribution >= 4 is 22.4 Å². The second-order valence-electron chi connectivity index (χ2n) is 2.52. The van der Waals surface area contributed by atoms with Gasteiger partial charge in [0.1, 0.15) is 11.0 Å². The number of pyridine rings is 2. The van der Waals surface area contributed by atoms with Crippen LogP contribution in [0.15, 0.2) is 23.3 Å². The molecule has 0 amide bonds. The average Bonchev–Trinajstić information content (AvgIpc) is 2.12. The average molecular weight is 199 g/mol. The van der Waals surface area contributed by atoms with E-state index < -0.39 is 5.82 Å². The van der Waals surface area contributed by atoms with Gasteiger partial charge in [0.05, 0.1) is 5.39 Å². The lowest BCUT2D eigenvalue weighted by molar-refractivity contribution is 0.632. The summed E-state index contributed by atoms with van der Waals surface area (Å²) in [4.78, 5) is 17.1. The summed E-state index contributed by atoms with van der Waals surface area (Å²) in [5, 5.41) is 0.553. The summed E-state index contributed by atoms with van der Waals surface area (Å²) in [6.45, 7) is 0. The van der Waals surface area contributed by atoms with E-state index in [4.69, 9.17) is 11.6 Å². The largest absolute Gasteiger partial charge is 0.326 e. The normalized spacial score (nSPS) is 10.6. The number of halogens is 2. The van der Waals surface area contributed by atoms with Gasteiger partial charge >= 0.3 is 0 Å². The van der Waals surface area contributed by atoms with Crippen molar-refractivity contribution in [1.82, 2.24) is 9.97 Å². The van der Waals surface area contributed by atoms with Crippen molar-refractivity contribution < 1.29 is 4.39 Å². The van der Waals surface area contributed by atoms with Crippen molar-refractivity contribution in [3.05, 3.63) is 39.8 Å². The van der Waals surface area contributed by atoms with Gasteiger partial charge in [0.15, 0.2) is 0 Å². The number of fused-ring (bicyclic) bond motifs is 1. The molecule has 0 aliphatic heterocycles. The van der Waals surface area contributed by atoms with Gasteiger partial charge in [-0.2, -0.15) is 0 Å². The molecule has 2 aromatic heterocycles. The lowest BCUT2D eigenvalue weighted by atomic mass is 10.2. The van der Waals surface area contributed by atoms with Crippen LogP contribution < -0.4 is 5.56 Å². The Kier molecular flexibility index (Phi) is 1.77. The zero-order valence-corrected chi connectivity index (χ0v) is 7.10. The van der Waals surface area contributed by atoms with Gasteiger partial charge in [-0.3, -0.25) is 4.79 Å². The van der Waals surface area contributed by atoms with Crippen molar-refractivity contribution in [1.29, 1.82) is 0 Å². The Balaban J connectivity index is 3.01. The molecule has 1 N–H and O–H groups in total. The van der Waals surface area contributed by atoms with Crippen LogP contribution in [0.4, 0.5) is 4.39 Å². The van der Waals surface area contributed by atoms with Crippen molar-refractivity contribution in [2.24, 2.45) is 0 Å². The van der Waals surface area contributed by atoms with Crippen molar-refractivity contribution in [3.8, 4) is 0 Å². The third-order valence-electron chi connectivity index (χ3n) is 1.70. The number of hydrogen-bond acceptors (Lipinski definition) is 2. The Morgan fingerprint density at radius 1 is 1.46 bits per heavy atom. The van der Waals surface area contributed by atoms with Crippen LogP contribution >= 0.6 is 11.6 Å². The number of aromatic nitrogens is 2. The van der Waals surface area contributed by atoms with Crippen LogP contribution in [0.5, 0.6) is 0 Å². The van der Waals surface area contributed by atoms with Gasteiger partial charge in [-0.25, -0.2) is 9.37 Å². The van der Waals surface area contributed by atoms with Crippen molar-refractivity contribution in [3.63, 3.8) is 0 Å².